The lowest BCUT2D eigenvalue weighted by atomic mass is 10.0. The van der Waals surface area contributed by atoms with Gasteiger partial charge in [-0.15, -0.1) is 0 Å². The summed E-state index contributed by atoms with van der Waals surface area (Å²) in [4.78, 5) is 25.7. The third kappa shape index (κ3) is 6.30. The number of primary amides is 1. The first-order valence-corrected chi connectivity index (χ1v) is 9.78. The molecule has 0 bridgehead atoms. The number of nitrogens with one attached hydrogen (secondary N) is 1. The van der Waals surface area contributed by atoms with E-state index in [1.54, 1.807) is 49.5 Å². The van der Waals surface area contributed by atoms with Gasteiger partial charge in [0.25, 0.3) is 0 Å². The van der Waals surface area contributed by atoms with Crippen LogP contribution in [0.4, 0.5) is 9.18 Å². The molecule has 0 unspecified atom stereocenters. The Morgan fingerprint density at radius 3 is 2.39 bits per heavy atom. The number of hydrogen-bond acceptors (Lipinski definition) is 3. The largest absolute Gasteiger partial charge is 0.457 e. The molecular weight excluding hydrogens is 397 g/mol. The van der Waals surface area contributed by atoms with Crippen molar-refractivity contribution in [3.05, 3.63) is 95.8 Å². The predicted octanol–water partition coefficient (Wildman–Crippen LogP) is 4.38. The first kappa shape index (κ1) is 21.8. The number of hydrogen-bond donors (Lipinski definition) is 2. The van der Waals surface area contributed by atoms with Crippen molar-refractivity contribution in [2.45, 2.75) is 19.0 Å². The minimum Gasteiger partial charge on any atom is -0.457 e. The van der Waals surface area contributed by atoms with Crippen LogP contribution in [0.3, 0.4) is 0 Å². The van der Waals surface area contributed by atoms with Gasteiger partial charge in [0.2, 0.25) is 5.91 Å². The van der Waals surface area contributed by atoms with Gasteiger partial charge in [-0.3, -0.25) is 4.79 Å². The molecule has 1 atom stereocenters. The molecule has 0 aliphatic rings. The van der Waals surface area contributed by atoms with Crippen LogP contribution in [0.2, 0.25) is 0 Å². The zero-order chi connectivity index (χ0) is 22.2. The number of benzene rings is 3. The van der Waals surface area contributed by atoms with Crippen molar-refractivity contribution >= 4 is 11.9 Å². The Balaban J connectivity index is 1.74. The molecule has 3 aromatic carbocycles. The van der Waals surface area contributed by atoms with E-state index in [4.69, 9.17) is 10.5 Å². The third-order valence-electron chi connectivity index (χ3n) is 4.73. The Hall–Kier alpha value is -3.87. The molecule has 6 nitrogen and oxygen atoms in total. The second-order valence-corrected chi connectivity index (χ2v) is 7.09. The van der Waals surface area contributed by atoms with Crippen LogP contribution in [0.1, 0.15) is 23.6 Å². The minimum absolute atomic E-state index is 0.0390. The first-order chi connectivity index (χ1) is 14.9. The fourth-order valence-corrected chi connectivity index (χ4v) is 3.14. The SMILES string of the molecule is CN(Cc1ccccc1F)C(=O)C[C@@H](NC(N)=O)c1cccc(Oc2ccccc2)c1. The van der Waals surface area contributed by atoms with Crippen molar-refractivity contribution in [3.63, 3.8) is 0 Å². The summed E-state index contributed by atoms with van der Waals surface area (Å²) < 4.78 is 19.7. The highest BCUT2D eigenvalue weighted by atomic mass is 19.1. The number of nitrogens with two attached hydrogens (primary N) is 1. The Labute approximate surface area is 180 Å². The van der Waals surface area contributed by atoms with E-state index in [2.05, 4.69) is 5.32 Å². The van der Waals surface area contributed by atoms with Crippen molar-refractivity contribution < 1.29 is 18.7 Å². The third-order valence-corrected chi connectivity index (χ3v) is 4.73. The molecule has 0 saturated carbocycles. The highest BCUT2D eigenvalue weighted by Gasteiger charge is 2.21. The van der Waals surface area contributed by atoms with Gasteiger partial charge in [-0.1, -0.05) is 48.5 Å². The molecule has 0 saturated heterocycles. The van der Waals surface area contributed by atoms with E-state index >= 15 is 0 Å². The Morgan fingerprint density at radius 2 is 1.68 bits per heavy atom. The molecule has 31 heavy (non-hydrogen) atoms. The molecule has 0 aromatic heterocycles. The summed E-state index contributed by atoms with van der Waals surface area (Å²) in [5.74, 6) is 0.586. The van der Waals surface area contributed by atoms with Crippen LogP contribution < -0.4 is 15.8 Å². The van der Waals surface area contributed by atoms with Gasteiger partial charge in [-0.2, -0.15) is 0 Å². The number of ether oxygens (including phenoxy) is 1. The molecule has 7 heteroatoms. The lowest BCUT2D eigenvalue weighted by Crippen LogP contribution is -2.37. The highest BCUT2D eigenvalue weighted by Crippen LogP contribution is 2.26. The maximum absolute atomic E-state index is 13.9. The van der Waals surface area contributed by atoms with Crippen molar-refractivity contribution in [2.75, 3.05) is 7.05 Å². The molecule has 0 fully saturated rings. The maximum atomic E-state index is 13.9. The van der Waals surface area contributed by atoms with Crippen LogP contribution in [0.25, 0.3) is 0 Å². The highest BCUT2D eigenvalue weighted by molar-refractivity contribution is 5.78. The standard InChI is InChI=1S/C24H24FN3O3/c1-28(16-18-8-5-6-13-21(18)25)23(29)15-22(27-24(26)30)17-9-7-12-20(14-17)31-19-10-3-2-4-11-19/h2-14,22H,15-16H2,1H3,(H3,26,27,30)/t22-/m1/s1. The van der Waals surface area contributed by atoms with Crippen molar-refractivity contribution in [2.24, 2.45) is 5.73 Å². The smallest absolute Gasteiger partial charge is 0.312 e. The second kappa shape index (κ2) is 10.2. The number of rotatable bonds is 8. The molecule has 160 valence electrons. The van der Waals surface area contributed by atoms with Crippen LogP contribution in [-0.4, -0.2) is 23.9 Å². The summed E-state index contributed by atoms with van der Waals surface area (Å²) in [6.07, 6.45) is -0.0390. The number of amides is 3. The molecule has 0 heterocycles. The summed E-state index contributed by atoms with van der Waals surface area (Å²) in [7, 11) is 1.59. The molecule has 0 aliphatic carbocycles. The number of urea groups is 1. The lowest BCUT2D eigenvalue weighted by Gasteiger charge is -2.23. The monoisotopic (exact) mass is 421 g/mol. The van der Waals surface area contributed by atoms with E-state index in [0.717, 1.165) is 0 Å². The Bertz CT molecular complexity index is 1040. The number of carbonyl (C=O) groups excluding carboxylic acids is 2. The van der Waals surface area contributed by atoms with E-state index in [0.29, 0.717) is 22.6 Å². The van der Waals surface area contributed by atoms with Crippen LogP contribution in [0.5, 0.6) is 11.5 Å². The normalized spacial score (nSPS) is 11.4. The average Bonchev–Trinajstić information content (AvgIpc) is 2.75. The fourth-order valence-electron chi connectivity index (χ4n) is 3.14. The predicted molar refractivity (Wildman–Crippen MR) is 116 cm³/mol. The zero-order valence-electron chi connectivity index (χ0n) is 17.1. The molecule has 0 radical (unpaired) electrons. The van der Waals surface area contributed by atoms with E-state index in [1.165, 1.54) is 11.0 Å². The van der Waals surface area contributed by atoms with Gasteiger partial charge in [-0.05, 0) is 35.9 Å². The maximum Gasteiger partial charge on any atom is 0.312 e. The quantitative estimate of drug-likeness (QED) is 0.566. The molecular formula is C24H24FN3O3. The zero-order valence-corrected chi connectivity index (χ0v) is 17.1. The van der Waals surface area contributed by atoms with Crippen LogP contribution in [0, 0.1) is 5.82 Å². The molecule has 3 rings (SSSR count). The van der Waals surface area contributed by atoms with Crippen molar-refractivity contribution in [1.82, 2.24) is 10.2 Å². The second-order valence-electron chi connectivity index (χ2n) is 7.09. The Morgan fingerprint density at radius 1 is 1.00 bits per heavy atom. The van der Waals surface area contributed by atoms with E-state index < -0.39 is 12.1 Å². The van der Waals surface area contributed by atoms with Gasteiger partial charge in [0.15, 0.2) is 0 Å². The summed E-state index contributed by atoms with van der Waals surface area (Å²) >= 11 is 0. The summed E-state index contributed by atoms with van der Waals surface area (Å²) in [6.45, 7) is 0.117. The van der Waals surface area contributed by atoms with E-state index in [9.17, 15) is 14.0 Å². The van der Waals surface area contributed by atoms with E-state index in [1.807, 2.05) is 30.3 Å². The molecule has 0 aliphatic heterocycles. The van der Waals surface area contributed by atoms with Gasteiger partial charge in [0.05, 0.1) is 12.5 Å². The molecule has 3 amide bonds. The topological polar surface area (TPSA) is 84.7 Å². The molecule has 0 spiro atoms. The molecule has 3 aromatic rings. The first-order valence-electron chi connectivity index (χ1n) is 9.78. The van der Waals surface area contributed by atoms with Gasteiger partial charge >= 0.3 is 6.03 Å². The van der Waals surface area contributed by atoms with Crippen LogP contribution >= 0.6 is 0 Å². The number of para-hydroxylation sites is 1. The van der Waals surface area contributed by atoms with Crippen molar-refractivity contribution in [1.29, 1.82) is 0 Å². The number of halogens is 1. The van der Waals surface area contributed by atoms with Gasteiger partial charge in [0, 0.05) is 19.2 Å². The van der Waals surface area contributed by atoms with Crippen LogP contribution in [0.15, 0.2) is 78.9 Å². The van der Waals surface area contributed by atoms with Crippen LogP contribution in [-0.2, 0) is 11.3 Å². The lowest BCUT2D eigenvalue weighted by molar-refractivity contribution is -0.131. The number of nitrogens with zero attached hydrogens (tertiary/aromatic N) is 1. The minimum atomic E-state index is -0.746. The summed E-state index contributed by atoms with van der Waals surface area (Å²) in [5, 5.41) is 2.61. The average molecular weight is 421 g/mol. The Kier molecular flexibility index (Phi) is 7.22. The van der Waals surface area contributed by atoms with Gasteiger partial charge < -0.3 is 20.7 Å². The summed E-state index contributed by atoms with van der Waals surface area (Å²) in [5.41, 5.74) is 6.41. The van der Waals surface area contributed by atoms with E-state index in [-0.39, 0.29) is 24.7 Å². The van der Waals surface area contributed by atoms with Gasteiger partial charge in [0.1, 0.15) is 17.3 Å². The fraction of sp³-hybridized carbons (Fsp3) is 0.167. The van der Waals surface area contributed by atoms with Gasteiger partial charge in [-0.25, -0.2) is 9.18 Å². The molecule has 3 N–H and O–H groups in total. The van der Waals surface area contributed by atoms with Crippen molar-refractivity contribution in [3.8, 4) is 11.5 Å². The summed E-state index contributed by atoms with van der Waals surface area (Å²) in [6, 6.07) is 21.2. The number of carbonyl (C=O) groups is 2.